The van der Waals surface area contributed by atoms with Crippen LogP contribution in [-0.2, 0) is 4.79 Å². The number of nitrogens with one attached hydrogen (secondary N) is 2. The molecule has 0 radical (unpaired) electrons. The zero-order valence-electron chi connectivity index (χ0n) is 14.4. The van der Waals surface area contributed by atoms with Crippen molar-refractivity contribution in [2.75, 3.05) is 20.7 Å². The van der Waals surface area contributed by atoms with Crippen LogP contribution in [-0.4, -0.2) is 26.6 Å². The molecule has 2 N–H and O–H groups in total. The van der Waals surface area contributed by atoms with Gasteiger partial charge in [-0.3, -0.25) is 4.79 Å². The maximum Gasteiger partial charge on any atom is 0.220 e. The van der Waals surface area contributed by atoms with Gasteiger partial charge in [-0.05, 0) is 59.2 Å². The lowest BCUT2D eigenvalue weighted by atomic mass is 9.98. The molecule has 0 aliphatic carbocycles. The van der Waals surface area contributed by atoms with E-state index in [4.69, 9.17) is 4.74 Å². The number of hydrogen-bond acceptors (Lipinski definition) is 3. The Morgan fingerprint density at radius 2 is 1.88 bits per heavy atom. The number of carbonyl (C=O) groups is 1. The molecule has 0 aromatic heterocycles. The molecule has 0 heterocycles. The van der Waals surface area contributed by atoms with Crippen LogP contribution >= 0.6 is 28.3 Å². The van der Waals surface area contributed by atoms with Crippen LogP contribution in [0.5, 0.6) is 5.75 Å². The maximum atomic E-state index is 12.3. The Morgan fingerprint density at radius 3 is 2.48 bits per heavy atom. The van der Waals surface area contributed by atoms with E-state index in [9.17, 15) is 4.79 Å². The third-order valence-electron chi connectivity index (χ3n) is 3.78. The quantitative estimate of drug-likeness (QED) is 0.624. The van der Waals surface area contributed by atoms with Crippen LogP contribution in [0.4, 0.5) is 0 Å². The van der Waals surface area contributed by atoms with Crippen molar-refractivity contribution in [2.45, 2.75) is 18.9 Å². The number of amides is 1. The van der Waals surface area contributed by atoms with Gasteiger partial charge in [-0.1, -0.05) is 36.4 Å². The molecule has 1 atom stereocenters. The number of ether oxygens (including phenoxy) is 1. The lowest BCUT2D eigenvalue weighted by Crippen LogP contribution is -2.29. The molecule has 2 aromatic rings. The van der Waals surface area contributed by atoms with E-state index >= 15 is 0 Å². The molecule has 0 aliphatic rings. The van der Waals surface area contributed by atoms with E-state index in [1.807, 2.05) is 55.6 Å². The first-order valence-corrected chi connectivity index (χ1v) is 8.77. The van der Waals surface area contributed by atoms with E-state index in [1.54, 1.807) is 7.11 Å². The zero-order valence-corrected chi connectivity index (χ0v) is 16.8. The van der Waals surface area contributed by atoms with Crippen molar-refractivity contribution in [1.82, 2.24) is 10.6 Å². The molecule has 0 aliphatic heterocycles. The van der Waals surface area contributed by atoms with Gasteiger partial charge < -0.3 is 15.4 Å². The number of rotatable bonds is 8. The maximum absolute atomic E-state index is 12.3. The Balaban J connectivity index is 0.00000312. The molecule has 1 amide bonds. The minimum atomic E-state index is -0.185. The molecule has 0 bridgehead atoms. The van der Waals surface area contributed by atoms with Crippen LogP contribution in [0.3, 0.4) is 0 Å². The van der Waals surface area contributed by atoms with Crippen LogP contribution in [0.25, 0.3) is 0 Å². The highest BCUT2D eigenvalue weighted by atomic mass is 79.9. The molecule has 136 valence electrons. The first kappa shape index (κ1) is 21.5. The molecule has 25 heavy (non-hydrogen) atoms. The second-order valence-electron chi connectivity index (χ2n) is 5.51. The van der Waals surface area contributed by atoms with Crippen LogP contribution in [0.15, 0.2) is 53.0 Å². The van der Waals surface area contributed by atoms with Gasteiger partial charge >= 0.3 is 0 Å². The molecule has 2 aromatic carbocycles. The van der Waals surface area contributed by atoms with Gasteiger partial charge in [0.25, 0.3) is 0 Å². The van der Waals surface area contributed by atoms with Crippen LogP contribution < -0.4 is 15.4 Å². The van der Waals surface area contributed by atoms with Gasteiger partial charge in [0.2, 0.25) is 5.91 Å². The van der Waals surface area contributed by atoms with Crippen molar-refractivity contribution in [3.05, 3.63) is 64.1 Å². The summed E-state index contributed by atoms with van der Waals surface area (Å²) in [5.41, 5.74) is 2.06. The Morgan fingerprint density at radius 1 is 1.16 bits per heavy atom. The van der Waals surface area contributed by atoms with Gasteiger partial charge in [-0.25, -0.2) is 0 Å². The predicted octanol–water partition coefficient (Wildman–Crippen LogP) is 4.08. The largest absolute Gasteiger partial charge is 0.496 e. The second-order valence-corrected chi connectivity index (χ2v) is 6.37. The van der Waals surface area contributed by atoms with Crippen LogP contribution in [0.1, 0.15) is 30.0 Å². The molecular weight excluding hydrogens is 404 g/mol. The van der Waals surface area contributed by atoms with Crippen molar-refractivity contribution < 1.29 is 9.53 Å². The van der Waals surface area contributed by atoms with Crippen LogP contribution in [0.2, 0.25) is 0 Å². The van der Waals surface area contributed by atoms with E-state index in [0.717, 1.165) is 34.3 Å². The standard InChI is InChI=1S/C19H23BrN2O2.ClH/c1-21-12-6-9-18(23)22-19(14-7-4-3-5-8-14)15-10-11-17(24-2)16(20)13-15;/h3-5,7-8,10-11,13,19,21H,6,9,12H2,1-2H3,(H,22,23);1H. The van der Waals surface area contributed by atoms with Crippen molar-refractivity contribution in [1.29, 1.82) is 0 Å². The summed E-state index contributed by atoms with van der Waals surface area (Å²) in [6.45, 7) is 0.831. The summed E-state index contributed by atoms with van der Waals surface area (Å²) >= 11 is 3.52. The summed E-state index contributed by atoms with van der Waals surface area (Å²) < 4.78 is 6.16. The predicted molar refractivity (Wildman–Crippen MR) is 108 cm³/mol. The molecule has 6 heteroatoms. The van der Waals surface area contributed by atoms with Crippen molar-refractivity contribution >= 4 is 34.2 Å². The third kappa shape index (κ3) is 6.34. The van der Waals surface area contributed by atoms with Gasteiger partial charge in [0.05, 0.1) is 17.6 Å². The van der Waals surface area contributed by atoms with Gasteiger partial charge in [0.15, 0.2) is 0 Å². The average Bonchev–Trinajstić information content (AvgIpc) is 2.60. The second kappa shape index (κ2) is 11.1. The van der Waals surface area contributed by atoms with E-state index < -0.39 is 0 Å². The molecule has 0 saturated carbocycles. The highest BCUT2D eigenvalue weighted by Gasteiger charge is 2.17. The Kier molecular flexibility index (Phi) is 9.57. The van der Waals surface area contributed by atoms with Crippen molar-refractivity contribution in [2.24, 2.45) is 0 Å². The number of carbonyl (C=O) groups excluding carboxylic acids is 1. The highest BCUT2D eigenvalue weighted by Crippen LogP contribution is 2.30. The molecular formula is C19H24BrClN2O2. The highest BCUT2D eigenvalue weighted by molar-refractivity contribution is 9.10. The number of halogens is 2. The Hall–Kier alpha value is -1.56. The fourth-order valence-corrected chi connectivity index (χ4v) is 3.08. The molecule has 2 rings (SSSR count). The summed E-state index contributed by atoms with van der Waals surface area (Å²) in [6, 6.07) is 15.7. The Labute approximate surface area is 163 Å². The fourth-order valence-electron chi connectivity index (χ4n) is 2.53. The van der Waals surface area contributed by atoms with Gasteiger partial charge in [0, 0.05) is 6.42 Å². The lowest BCUT2D eigenvalue weighted by molar-refractivity contribution is -0.121. The van der Waals surface area contributed by atoms with Gasteiger partial charge in [-0.15, -0.1) is 12.4 Å². The first-order chi connectivity index (χ1) is 11.7. The van der Waals surface area contributed by atoms with Crippen molar-refractivity contribution in [3.63, 3.8) is 0 Å². The minimum Gasteiger partial charge on any atom is -0.496 e. The van der Waals surface area contributed by atoms with E-state index in [0.29, 0.717) is 6.42 Å². The van der Waals surface area contributed by atoms with Gasteiger partial charge in [-0.2, -0.15) is 0 Å². The van der Waals surface area contributed by atoms with E-state index in [-0.39, 0.29) is 24.4 Å². The molecule has 4 nitrogen and oxygen atoms in total. The summed E-state index contributed by atoms with van der Waals surface area (Å²) in [5, 5.41) is 6.20. The van der Waals surface area contributed by atoms with Crippen LogP contribution in [0, 0.1) is 0 Å². The Bertz CT molecular complexity index is 668. The zero-order chi connectivity index (χ0) is 17.4. The first-order valence-electron chi connectivity index (χ1n) is 7.98. The summed E-state index contributed by atoms with van der Waals surface area (Å²) in [7, 11) is 3.53. The number of hydrogen-bond donors (Lipinski definition) is 2. The molecule has 0 spiro atoms. The number of methoxy groups -OCH3 is 1. The fraction of sp³-hybridized carbons (Fsp3) is 0.316. The smallest absolute Gasteiger partial charge is 0.220 e. The van der Waals surface area contributed by atoms with E-state index in [2.05, 4.69) is 26.6 Å². The summed E-state index contributed by atoms with van der Waals surface area (Å²) in [5.74, 6) is 0.817. The summed E-state index contributed by atoms with van der Waals surface area (Å²) in [4.78, 5) is 12.3. The SMILES string of the molecule is CNCCCC(=O)NC(c1ccccc1)c1ccc(OC)c(Br)c1.Cl. The summed E-state index contributed by atoms with van der Waals surface area (Å²) in [6.07, 6.45) is 1.32. The van der Waals surface area contributed by atoms with Crippen molar-refractivity contribution in [3.8, 4) is 5.75 Å². The third-order valence-corrected chi connectivity index (χ3v) is 4.40. The molecule has 0 saturated heterocycles. The van der Waals surface area contributed by atoms with E-state index in [1.165, 1.54) is 0 Å². The van der Waals surface area contributed by atoms with Gasteiger partial charge in [0.1, 0.15) is 5.75 Å². The topological polar surface area (TPSA) is 50.4 Å². The number of benzene rings is 2. The normalized spacial score (nSPS) is 11.3. The monoisotopic (exact) mass is 426 g/mol. The molecule has 0 fully saturated rings. The minimum absolute atomic E-state index is 0. The average molecular weight is 428 g/mol. The molecule has 1 unspecified atom stereocenters. The lowest BCUT2D eigenvalue weighted by Gasteiger charge is -2.21.